The minimum atomic E-state index is -3.91. The van der Waals surface area contributed by atoms with Crippen molar-refractivity contribution in [2.75, 3.05) is 11.9 Å². The summed E-state index contributed by atoms with van der Waals surface area (Å²) in [5, 5.41) is 2.82. The van der Waals surface area contributed by atoms with Crippen molar-refractivity contribution in [3.05, 3.63) is 94.0 Å². The first kappa shape index (κ1) is 23.7. The van der Waals surface area contributed by atoms with Crippen LogP contribution in [0, 0.1) is 34.6 Å². The number of aryl methyl sites for hydroxylation is 5. The standard InChI is InChI=1S/C26H30N2O3S/c1-18-9-11-23(12-10-18)16-28(17-25(29)27-24-8-6-7-19(2)15-24)32(30,31)26-21(4)13-20(3)14-22(26)5/h6-15H,16-17H2,1-5H3,(H,27,29). The summed E-state index contributed by atoms with van der Waals surface area (Å²) in [6.07, 6.45) is 0. The molecule has 3 aromatic carbocycles. The molecule has 1 N–H and O–H groups in total. The van der Waals surface area contributed by atoms with Crippen LogP contribution >= 0.6 is 0 Å². The fourth-order valence-electron chi connectivity index (χ4n) is 3.91. The van der Waals surface area contributed by atoms with E-state index in [9.17, 15) is 13.2 Å². The topological polar surface area (TPSA) is 66.5 Å². The third kappa shape index (κ3) is 5.64. The van der Waals surface area contributed by atoms with E-state index in [0.29, 0.717) is 16.8 Å². The summed E-state index contributed by atoms with van der Waals surface area (Å²) < 4.78 is 28.7. The molecule has 3 rings (SSSR count). The smallest absolute Gasteiger partial charge is 0.244 e. The molecule has 3 aromatic rings. The predicted molar refractivity (Wildman–Crippen MR) is 129 cm³/mol. The minimum absolute atomic E-state index is 0.108. The first-order valence-corrected chi connectivity index (χ1v) is 12.0. The zero-order valence-electron chi connectivity index (χ0n) is 19.3. The Morgan fingerprint density at radius 1 is 0.812 bits per heavy atom. The summed E-state index contributed by atoms with van der Waals surface area (Å²) in [7, 11) is -3.91. The Morgan fingerprint density at radius 2 is 1.44 bits per heavy atom. The monoisotopic (exact) mass is 450 g/mol. The van der Waals surface area contributed by atoms with Crippen LogP contribution in [-0.4, -0.2) is 25.2 Å². The number of nitrogens with one attached hydrogen (secondary N) is 1. The van der Waals surface area contributed by atoms with Crippen molar-refractivity contribution in [1.82, 2.24) is 4.31 Å². The molecule has 168 valence electrons. The maximum absolute atomic E-state index is 13.7. The van der Waals surface area contributed by atoms with E-state index in [2.05, 4.69) is 5.32 Å². The summed E-state index contributed by atoms with van der Waals surface area (Å²) in [4.78, 5) is 13.1. The van der Waals surface area contributed by atoms with Gasteiger partial charge in [0.2, 0.25) is 15.9 Å². The molecule has 5 nitrogen and oxygen atoms in total. The molecule has 0 saturated heterocycles. The highest BCUT2D eigenvalue weighted by Crippen LogP contribution is 2.26. The molecule has 1 amide bonds. The number of anilines is 1. The van der Waals surface area contributed by atoms with Crippen molar-refractivity contribution in [3.63, 3.8) is 0 Å². The molecule has 6 heteroatoms. The van der Waals surface area contributed by atoms with Gasteiger partial charge in [0, 0.05) is 12.2 Å². The van der Waals surface area contributed by atoms with E-state index in [1.54, 1.807) is 19.9 Å². The average molecular weight is 451 g/mol. The molecule has 0 aromatic heterocycles. The zero-order valence-corrected chi connectivity index (χ0v) is 20.1. The highest BCUT2D eigenvalue weighted by atomic mass is 32.2. The van der Waals surface area contributed by atoms with Crippen LogP contribution in [0.25, 0.3) is 0 Å². The van der Waals surface area contributed by atoms with Crippen molar-refractivity contribution in [2.24, 2.45) is 0 Å². The lowest BCUT2D eigenvalue weighted by atomic mass is 10.1. The summed E-state index contributed by atoms with van der Waals surface area (Å²) in [5.74, 6) is -0.381. The summed E-state index contributed by atoms with van der Waals surface area (Å²) in [6, 6.07) is 18.8. The molecule has 0 saturated carbocycles. The van der Waals surface area contributed by atoms with Gasteiger partial charge < -0.3 is 5.32 Å². The lowest BCUT2D eigenvalue weighted by Crippen LogP contribution is -2.38. The average Bonchev–Trinajstić information content (AvgIpc) is 2.68. The van der Waals surface area contributed by atoms with Crippen LogP contribution in [0.3, 0.4) is 0 Å². The molecule has 0 aliphatic rings. The Hall–Kier alpha value is -2.96. The van der Waals surface area contributed by atoms with Crippen LogP contribution in [0.15, 0.2) is 65.6 Å². The van der Waals surface area contributed by atoms with Crippen molar-refractivity contribution >= 4 is 21.6 Å². The first-order chi connectivity index (χ1) is 15.1. The van der Waals surface area contributed by atoms with Gasteiger partial charge in [0.05, 0.1) is 11.4 Å². The van der Waals surface area contributed by atoms with Crippen LogP contribution in [0.4, 0.5) is 5.69 Å². The second kappa shape index (κ2) is 9.67. The summed E-state index contributed by atoms with van der Waals surface area (Å²) in [5.41, 5.74) is 5.92. The third-order valence-electron chi connectivity index (χ3n) is 5.30. The van der Waals surface area contributed by atoms with Crippen LogP contribution in [0.5, 0.6) is 0 Å². The number of rotatable bonds is 7. The number of carbonyl (C=O) groups excluding carboxylic acids is 1. The second-order valence-electron chi connectivity index (χ2n) is 8.40. The highest BCUT2D eigenvalue weighted by molar-refractivity contribution is 7.89. The molecule has 0 aliphatic carbocycles. The predicted octanol–water partition coefficient (Wildman–Crippen LogP) is 5.06. The van der Waals surface area contributed by atoms with Crippen LogP contribution in [0.2, 0.25) is 0 Å². The lowest BCUT2D eigenvalue weighted by Gasteiger charge is -2.24. The number of sulfonamides is 1. The Kier molecular flexibility index (Phi) is 7.16. The van der Waals surface area contributed by atoms with Crippen molar-refractivity contribution in [1.29, 1.82) is 0 Å². The molecule has 0 radical (unpaired) electrons. The van der Waals surface area contributed by atoms with Crippen LogP contribution in [0.1, 0.15) is 33.4 Å². The summed E-state index contributed by atoms with van der Waals surface area (Å²) >= 11 is 0. The first-order valence-electron chi connectivity index (χ1n) is 10.6. The van der Waals surface area contributed by atoms with E-state index in [-0.39, 0.29) is 23.9 Å². The number of benzene rings is 3. The molecule has 0 unspecified atom stereocenters. The minimum Gasteiger partial charge on any atom is -0.325 e. The maximum atomic E-state index is 13.7. The summed E-state index contributed by atoms with van der Waals surface area (Å²) in [6.45, 7) is 9.27. The highest BCUT2D eigenvalue weighted by Gasteiger charge is 2.30. The zero-order chi connectivity index (χ0) is 23.5. The van der Waals surface area contributed by atoms with Gasteiger partial charge in [-0.15, -0.1) is 0 Å². The number of carbonyl (C=O) groups is 1. The molecule has 0 spiro atoms. The van der Waals surface area contributed by atoms with Gasteiger partial charge in [-0.1, -0.05) is 59.7 Å². The van der Waals surface area contributed by atoms with E-state index in [4.69, 9.17) is 0 Å². The lowest BCUT2D eigenvalue weighted by molar-refractivity contribution is -0.116. The molecular formula is C26H30N2O3S. The molecule has 0 aliphatic heterocycles. The fraction of sp³-hybridized carbons (Fsp3) is 0.269. The largest absolute Gasteiger partial charge is 0.325 e. The Balaban J connectivity index is 1.96. The van der Waals surface area contributed by atoms with Gasteiger partial charge in [-0.3, -0.25) is 4.79 Å². The molecule has 0 bridgehead atoms. The van der Waals surface area contributed by atoms with Gasteiger partial charge in [-0.2, -0.15) is 4.31 Å². The number of hydrogen-bond donors (Lipinski definition) is 1. The van der Waals surface area contributed by atoms with E-state index in [1.165, 1.54) is 4.31 Å². The second-order valence-corrected chi connectivity index (χ2v) is 10.3. The molecule has 0 fully saturated rings. The van der Waals surface area contributed by atoms with Gasteiger partial charge in [-0.25, -0.2) is 8.42 Å². The van der Waals surface area contributed by atoms with Crippen LogP contribution in [-0.2, 0) is 21.4 Å². The fourth-order valence-corrected chi connectivity index (χ4v) is 5.71. The molecular weight excluding hydrogens is 420 g/mol. The van der Waals surface area contributed by atoms with E-state index >= 15 is 0 Å². The normalized spacial score (nSPS) is 11.6. The van der Waals surface area contributed by atoms with Crippen LogP contribution < -0.4 is 5.32 Å². The number of amides is 1. The number of hydrogen-bond acceptors (Lipinski definition) is 3. The Bertz CT molecular complexity index is 1210. The van der Waals surface area contributed by atoms with E-state index < -0.39 is 10.0 Å². The Labute approximate surface area is 191 Å². The van der Waals surface area contributed by atoms with Crippen molar-refractivity contribution in [3.8, 4) is 0 Å². The van der Waals surface area contributed by atoms with Crippen molar-refractivity contribution < 1.29 is 13.2 Å². The van der Waals surface area contributed by atoms with E-state index in [0.717, 1.165) is 22.3 Å². The molecule has 32 heavy (non-hydrogen) atoms. The number of nitrogens with zero attached hydrogens (tertiary/aromatic N) is 1. The molecule has 0 atom stereocenters. The quantitative estimate of drug-likeness (QED) is 0.547. The van der Waals surface area contributed by atoms with Crippen molar-refractivity contribution in [2.45, 2.75) is 46.1 Å². The molecule has 0 heterocycles. The van der Waals surface area contributed by atoms with Gasteiger partial charge in [0.15, 0.2) is 0 Å². The third-order valence-corrected chi connectivity index (χ3v) is 7.40. The van der Waals surface area contributed by atoms with Gasteiger partial charge in [0.25, 0.3) is 0 Å². The maximum Gasteiger partial charge on any atom is 0.244 e. The van der Waals surface area contributed by atoms with Gasteiger partial charge in [-0.05, 0) is 69.0 Å². The van der Waals surface area contributed by atoms with Gasteiger partial charge >= 0.3 is 0 Å². The van der Waals surface area contributed by atoms with E-state index in [1.807, 2.05) is 75.4 Å². The SMILES string of the molecule is Cc1ccc(CN(CC(=O)Nc2cccc(C)c2)S(=O)(=O)c2c(C)cc(C)cc2C)cc1. The Morgan fingerprint density at radius 3 is 2.03 bits per heavy atom. The van der Waals surface area contributed by atoms with Gasteiger partial charge in [0.1, 0.15) is 0 Å².